The van der Waals surface area contributed by atoms with Crippen LogP contribution in [-0.4, -0.2) is 29.6 Å². The largest absolute Gasteiger partial charge is 0.481 e. The standard InChI is InChI=1S/C14H18FNO4/c1-3-4-5-16-13(17)9(2)20-12-7-10(14(18)19)6-11(15)8-12/h6-9H,3-5H2,1-2H3,(H,16,17)(H,18,19). The Hall–Kier alpha value is -2.11. The van der Waals surface area contributed by atoms with Crippen LogP contribution in [0, 0.1) is 5.82 Å². The van der Waals surface area contributed by atoms with E-state index in [1.807, 2.05) is 6.92 Å². The van der Waals surface area contributed by atoms with Gasteiger partial charge in [0.1, 0.15) is 11.6 Å². The molecule has 0 saturated heterocycles. The van der Waals surface area contributed by atoms with Crippen molar-refractivity contribution in [2.45, 2.75) is 32.8 Å². The molecule has 110 valence electrons. The van der Waals surface area contributed by atoms with Crippen LogP contribution in [-0.2, 0) is 4.79 Å². The summed E-state index contributed by atoms with van der Waals surface area (Å²) in [4.78, 5) is 22.5. The van der Waals surface area contributed by atoms with Gasteiger partial charge in [0.05, 0.1) is 5.56 Å². The van der Waals surface area contributed by atoms with Crippen LogP contribution in [0.5, 0.6) is 5.75 Å². The molecule has 1 aromatic carbocycles. The number of aromatic carboxylic acids is 1. The number of unbranched alkanes of at least 4 members (excludes halogenated alkanes) is 1. The van der Waals surface area contributed by atoms with Crippen LogP contribution in [0.2, 0.25) is 0 Å². The van der Waals surface area contributed by atoms with Crippen LogP contribution < -0.4 is 10.1 Å². The average molecular weight is 283 g/mol. The molecule has 1 atom stereocenters. The molecule has 1 amide bonds. The van der Waals surface area contributed by atoms with Gasteiger partial charge in [0.25, 0.3) is 5.91 Å². The number of ether oxygens (including phenoxy) is 1. The first-order valence-corrected chi connectivity index (χ1v) is 6.42. The second kappa shape index (κ2) is 7.47. The number of carboxylic acid groups (broad SMARTS) is 1. The summed E-state index contributed by atoms with van der Waals surface area (Å²) in [5.74, 6) is -2.28. The molecular weight excluding hydrogens is 265 g/mol. The zero-order valence-corrected chi connectivity index (χ0v) is 11.5. The molecule has 20 heavy (non-hydrogen) atoms. The first kappa shape index (κ1) is 15.9. The molecule has 0 aliphatic rings. The summed E-state index contributed by atoms with van der Waals surface area (Å²) in [7, 11) is 0. The quantitative estimate of drug-likeness (QED) is 0.752. The van der Waals surface area contributed by atoms with Gasteiger partial charge in [-0.25, -0.2) is 9.18 Å². The van der Waals surface area contributed by atoms with Crippen LogP contribution in [0.1, 0.15) is 37.0 Å². The number of rotatable bonds is 7. The summed E-state index contributed by atoms with van der Waals surface area (Å²) in [6.45, 7) is 4.07. The highest BCUT2D eigenvalue weighted by Gasteiger charge is 2.15. The maximum atomic E-state index is 13.2. The fraction of sp³-hybridized carbons (Fsp3) is 0.429. The van der Waals surface area contributed by atoms with Crippen molar-refractivity contribution in [1.82, 2.24) is 5.32 Å². The predicted molar refractivity (Wildman–Crippen MR) is 71.4 cm³/mol. The van der Waals surface area contributed by atoms with Gasteiger partial charge in [0, 0.05) is 12.6 Å². The van der Waals surface area contributed by atoms with Crippen LogP contribution in [0.3, 0.4) is 0 Å². The number of carbonyl (C=O) groups excluding carboxylic acids is 1. The van der Waals surface area contributed by atoms with E-state index in [1.165, 1.54) is 13.0 Å². The highest BCUT2D eigenvalue weighted by atomic mass is 19.1. The van der Waals surface area contributed by atoms with Crippen molar-refractivity contribution in [3.63, 3.8) is 0 Å². The third-order valence-corrected chi connectivity index (χ3v) is 2.63. The van der Waals surface area contributed by atoms with E-state index < -0.39 is 17.9 Å². The van der Waals surface area contributed by atoms with E-state index in [-0.39, 0.29) is 17.2 Å². The number of nitrogens with one attached hydrogen (secondary N) is 1. The van der Waals surface area contributed by atoms with Gasteiger partial charge in [-0.3, -0.25) is 4.79 Å². The summed E-state index contributed by atoms with van der Waals surface area (Å²) < 4.78 is 18.5. The number of hydrogen-bond donors (Lipinski definition) is 2. The van der Waals surface area contributed by atoms with E-state index in [0.717, 1.165) is 25.0 Å². The summed E-state index contributed by atoms with van der Waals surface area (Å²) in [5, 5.41) is 11.5. The Morgan fingerprint density at radius 3 is 2.70 bits per heavy atom. The summed E-state index contributed by atoms with van der Waals surface area (Å²) >= 11 is 0. The lowest BCUT2D eigenvalue weighted by Gasteiger charge is -2.15. The van der Waals surface area contributed by atoms with Gasteiger partial charge >= 0.3 is 5.97 Å². The minimum absolute atomic E-state index is 0.0144. The van der Waals surface area contributed by atoms with Gasteiger partial charge in [0.2, 0.25) is 0 Å². The maximum absolute atomic E-state index is 13.2. The van der Waals surface area contributed by atoms with Gasteiger partial charge in [-0.1, -0.05) is 13.3 Å². The molecule has 1 rings (SSSR count). The smallest absolute Gasteiger partial charge is 0.335 e. The van der Waals surface area contributed by atoms with Crippen molar-refractivity contribution >= 4 is 11.9 Å². The molecule has 0 fully saturated rings. The monoisotopic (exact) mass is 283 g/mol. The van der Waals surface area contributed by atoms with E-state index >= 15 is 0 Å². The first-order valence-electron chi connectivity index (χ1n) is 6.42. The molecule has 0 aromatic heterocycles. The van der Waals surface area contributed by atoms with Gasteiger partial charge in [-0.2, -0.15) is 0 Å². The van der Waals surface area contributed by atoms with E-state index in [1.54, 1.807) is 0 Å². The van der Waals surface area contributed by atoms with Crippen molar-refractivity contribution in [3.05, 3.63) is 29.6 Å². The lowest BCUT2D eigenvalue weighted by atomic mass is 10.2. The fourth-order valence-corrected chi connectivity index (χ4v) is 1.54. The highest BCUT2D eigenvalue weighted by molar-refractivity contribution is 5.88. The van der Waals surface area contributed by atoms with Crippen molar-refractivity contribution in [2.24, 2.45) is 0 Å². The Labute approximate surface area is 116 Å². The minimum Gasteiger partial charge on any atom is -0.481 e. The Kier molecular flexibility index (Phi) is 5.96. The van der Waals surface area contributed by atoms with Gasteiger partial charge in [-0.15, -0.1) is 0 Å². The van der Waals surface area contributed by atoms with Crippen molar-refractivity contribution in [1.29, 1.82) is 0 Å². The zero-order chi connectivity index (χ0) is 15.1. The van der Waals surface area contributed by atoms with Crippen LogP contribution in [0.15, 0.2) is 18.2 Å². The molecule has 0 aliphatic carbocycles. The van der Waals surface area contributed by atoms with E-state index in [2.05, 4.69) is 5.32 Å². The Morgan fingerprint density at radius 2 is 2.10 bits per heavy atom. The Balaban J connectivity index is 2.67. The van der Waals surface area contributed by atoms with Crippen LogP contribution >= 0.6 is 0 Å². The summed E-state index contributed by atoms with van der Waals surface area (Å²) in [5.41, 5.74) is -0.224. The highest BCUT2D eigenvalue weighted by Crippen LogP contribution is 2.18. The molecule has 1 aromatic rings. The number of halogens is 1. The van der Waals surface area contributed by atoms with E-state index in [9.17, 15) is 14.0 Å². The second-order valence-corrected chi connectivity index (χ2v) is 4.39. The number of benzene rings is 1. The lowest BCUT2D eigenvalue weighted by Crippen LogP contribution is -2.36. The average Bonchev–Trinajstić information content (AvgIpc) is 2.38. The Bertz CT molecular complexity index is 490. The van der Waals surface area contributed by atoms with Crippen molar-refractivity contribution in [3.8, 4) is 5.75 Å². The molecular formula is C14H18FNO4. The van der Waals surface area contributed by atoms with E-state index in [0.29, 0.717) is 6.54 Å². The SMILES string of the molecule is CCCCNC(=O)C(C)Oc1cc(F)cc(C(=O)O)c1. The third-order valence-electron chi connectivity index (χ3n) is 2.63. The molecule has 6 heteroatoms. The summed E-state index contributed by atoms with van der Waals surface area (Å²) in [6.07, 6.45) is 0.999. The third kappa shape index (κ3) is 4.87. The molecule has 0 bridgehead atoms. The fourth-order valence-electron chi connectivity index (χ4n) is 1.54. The normalized spacial score (nSPS) is 11.8. The minimum atomic E-state index is -1.26. The van der Waals surface area contributed by atoms with Crippen molar-refractivity contribution in [2.75, 3.05) is 6.54 Å². The van der Waals surface area contributed by atoms with Crippen LogP contribution in [0.25, 0.3) is 0 Å². The van der Waals surface area contributed by atoms with E-state index in [4.69, 9.17) is 9.84 Å². The molecule has 5 nitrogen and oxygen atoms in total. The molecule has 0 spiro atoms. The number of amides is 1. The van der Waals surface area contributed by atoms with Crippen molar-refractivity contribution < 1.29 is 23.8 Å². The Morgan fingerprint density at radius 1 is 1.40 bits per heavy atom. The van der Waals surface area contributed by atoms with Crippen LogP contribution in [0.4, 0.5) is 4.39 Å². The topological polar surface area (TPSA) is 75.6 Å². The molecule has 1 unspecified atom stereocenters. The number of carboxylic acids is 1. The zero-order valence-electron chi connectivity index (χ0n) is 11.5. The second-order valence-electron chi connectivity index (χ2n) is 4.39. The lowest BCUT2D eigenvalue weighted by molar-refractivity contribution is -0.127. The molecule has 0 heterocycles. The molecule has 2 N–H and O–H groups in total. The van der Waals surface area contributed by atoms with Gasteiger partial charge in [0.15, 0.2) is 6.10 Å². The maximum Gasteiger partial charge on any atom is 0.335 e. The van der Waals surface area contributed by atoms with Gasteiger partial charge < -0.3 is 15.2 Å². The first-order chi connectivity index (χ1) is 9.43. The predicted octanol–water partition coefficient (Wildman–Crippen LogP) is 2.21. The molecule has 0 radical (unpaired) electrons. The number of carbonyl (C=O) groups is 2. The van der Waals surface area contributed by atoms with Gasteiger partial charge in [-0.05, 0) is 25.5 Å². The molecule has 0 saturated carbocycles. The number of hydrogen-bond acceptors (Lipinski definition) is 3. The summed E-state index contributed by atoms with van der Waals surface area (Å²) in [6, 6.07) is 3.12. The molecule has 0 aliphatic heterocycles.